The molecule has 4 aliphatic heterocycles. The minimum Gasteiger partial charge on any atom is -0.462 e. The number of rotatable bonds is 48. The van der Waals surface area contributed by atoms with Gasteiger partial charge in [-0.15, -0.1) is 0 Å². The lowest BCUT2D eigenvalue weighted by Crippen LogP contribution is -2.69. The number of hydrogen-bond acceptors (Lipinski definition) is 32. The molecule has 0 radical (unpaired) electrons. The zero-order valence-electron chi connectivity index (χ0n) is 58.1. The van der Waals surface area contributed by atoms with E-state index in [1.165, 1.54) is 57.8 Å². The van der Waals surface area contributed by atoms with Gasteiger partial charge in [0.25, 0.3) is 0 Å². The maximum Gasteiger partial charge on any atom is 0.472 e. The molecule has 0 spiro atoms. The molecule has 34 heteroatoms. The van der Waals surface area contributed by atoms with Crippen molar-refractivity contribution in [3.63, 3.8) is 0 Å². The molecule has 0 amide bonds. The van der Waals surface area contributed by atoms with Crippen molar-refractivity contribution in [3.8, 4) is 0 Å². The summed E-state index contributed by atoms with van der Waals surface area (Å²) >= 11 is 0. The first-order valence-electron chi connectivity index (χ1n) is 36.2. The second kappa shape index (κ2) is 47.4. The van der Waals surface area contributed by atoms with Crippen molar-refractivity contribution in [2.24, 2.45) is 0 Å². The largest absolute Gasteiger partial charge is 0.472 e. The highest BCUT2D eigenvalue weighted by atomic mass is 31.2. The smallest absolute Gasteiger partial charge is 0.462 e. The maximum absolute atomic E-state index is 14.4. The van der Waals surface area contributed by atoms with Crippen molar-refractivity contribution >= 4 is 19.8 Å². The third-order valence-electron chi connectivity index (χ3n) is 18.7. The van der Waals surface area contributed by atoms with Crippen LogP contribution in [0.2, 0.25) is 0 Å². The molecule has 0 aromatic heterocycles. The Labute approximate surface area is 590 Å². The molecule has 4 heterocycles. The lowest BCUT2D eigenvalue weighted by molar-refractivity contribution is -0.365. The second-order valence-corrected chi connectivity index (χ2v) is 28.3. The Morgan fingerprint density at radius 3 is 1.19 bits per heavy atom. The monoisotopic (exact) mass is 1480 g/mol. The predicted molar refractivity (Wildman–Crippen MR) is 352 cm³/mol. The van der Waals surface area contributed by atoms with Crippen LogP contribution in [0.25, 0.3) is 0 Å². The van der Waals surface area contributed by atoms with Crippen molar-refractivity contribution in [2.45, 2.75) is 346 Å². The van der Waals surface area contributed by atoms with Crippen molar-refractivity contribution < 1.29 is 162 Å². The molecule has 28 atom stereocenters. The van der Waals surface area contributed by atoms with Gasteiger partial charge >= 0.3 is 19.8 Å². The summed E-state index contributed by atoms with van der Waals surface area (Å²) in [7, 11) is -5.82. The van der Waals surface area contributed by atoms with E-state index in [-0.39, 0.29) is 12.8 Å². The highest BCUT2D eigenvalue weighted by Gasteiger charge is 2.59. The number of esters is 2. The van der Waals surface area contributed by atoms with E-state index in [9.17, 15) is 106 Å². The number of aliphatic hydroxyl groups is 17. The van der Waals surface area contributed by atoms with E-state index in [1.807, 2.05) is 0 Å². The Kier molecular flexibility index (Phi) is 41.8. The van der Waals surface area contributed by atoms with Crippen LogP contribution in [-0.2, 0) is 70.6 Å². The molecule has 1 saturated carbocycles. The van der Waals surface area contributed by atoms with Crippen LogP contribution >= 0.6 is 7.82 Å². The van der Waals surface area contributed by atoms with E-state index in [0.29, 0.717) is 25.7 Å². The molecule has 5 rings (SSSR count). The van der Waals surface area contributed by atoms with E-state index >= 15 is 0 Å². The van der Waals surface area contributed by atoms with E-state index in [4.69, 9.17) is 56.4 Å². The molecule has 5 fully saturated rings. The quantitative estimate of drug-likeness (QED) is 0.0156. The normalized spacial score (nSPS) is 36.6. The van der Waals surface area contributed by atoms with Crippen LogP contribution in [0.15, 0.2) is 24.3 Å². The fourth-order valence-corrected chi connectivity index (χ4v) is 13.3. The van der Waals surface area contributed by atoms with Crippen molar-refractivity contribution in [3.05, 3.63) is 24.3 Å². The van der Waals surface area contributed by atoms with Gasteiger partial charge in [-0.25, -0.2) is 4.57 Å². The summed E-state index contributed by atoms with van der Waals surface area (Å²) in [5.41, 5.74) is 0. The minimum atomic E-state index is -5.82. The van der Waals surface area contributed by atoms with Crippen LogP contribution in [0.4, 0.5) is 0 Å². The lowest BCUT2D eigenvalue weighted by Gasteiger charge is -2.49. The molecule has 18 N–H and O–H groups in total. The van der Waals surface area contributed by atoms with E-state index < -0.39 is 225 Å². The van der Waals surface area contributed by atoms with Crippen LogP contribution < -0.4 is 0 Å². The topological polar surface area (TPSA) is 526 Å². The third-order valence-corrected chi connectivity index (χ3v) is 19.7. The Morgan fingerprint density at radius 2 is 0.743 bits per heavy atom. The van der Waals surface area contributed by atoms with Crippen molar-refractivity contribution in [2.75, 3.05) is 39.6 Å². The average Bonchev–Trinajstić information content (AvgIpc) is 0.770. The van der Waals surface area contributed by atoms with Gasteiger partial charge in [0.2, 0.25) is 0 Å². The summed E-state index contributed by atoms with van der Waals surface area (Å²) in [5.74, 6) is -1.46. The second-order valence-electron chi connectivity index (χ2n) is 26.9. The third kappa shape index (κ3) is 28.9. The molecular formula is C67H119O33P. The molecule has 0 aromatic rings. The molecule has 0 aromatic carbocycles. The molecule has 101 heavy (non-hydrogen) atoms. The highest BCUT2D eigenvalue weighted by molar-refractivity contribution is 7.47. The predicted octanol–water partition coefficient (Wildman–Crippen LogP) is -0.647. The van der Waals surface area contributed by atoms with Crippen molar-refractivity contribution in [1.29, 1.82) is 0 Å². The first kappa shape index (κ1) is 89.2. The van der Waals surface area contributed by atoms with Gasteiger partial charge in [-0.1, -0.05) is 147 Å². The van der Waals surface area contributed by atoms with Crippen LogP contribution in [0.1, 0.15) is 181 Å². The van der Waals surface area contributed by atoms with Gasteiger partial charge in [0.1, 0.15) is 141 Å². The molecule has 12 unspecified atom stereocenters. The summed E-state index contributed by atoms with van der Waals surface area (Å²) in [4.78, 5) is 38.1. The Morgan fingerprint density at radius 1 is 0.396 bits per heavy atom. The zero-order chi connectivity index (χ0) is 74.2. The molecular weight excluding hydrogens is 1360 g/mol. The number of ether oxygens (including phenoxy) is 10. The average molecular weight is 1480 g/mol. The first-order valence-corrected chi connectivity index (χ1v) is 37.7. The molecule has 5 aliphatic rings. The number of aliphatic hydroxyl groups excluding tert-OH is 17. The summed E-state index contributed by atoms with van der Waals surface area (Å²) in [6, 6.07) is 0. The number of allylic oxidation sites excluding steroid dienone is 4. The fourth-order valence-electron chi connectivity index (χ4n) is 12.4. The molecule has 4 saturated heterocycles. The van der Waals surface area contributed by atoms with E-state index in [0.717, 1.165) is 70.6 Å². The Bertz CT molecular complexity index is 2360. The summed E-state index contributed by atoms with van der Waals surface area (Å²) in [5, 5.41) is 183. The van der Waals surface area contributed by atoms with Gasteiger partial charge < -0.3 is 139 Å². The summed E-state index contributed by atoms with van der Waals surface area (Å²) in [6.45, 7) is -0.961. The lowest BCUT2D eigenvalue weighted by atomic mass is 9.84. The highest BCUT2D eigenvalue weighted by Crippen LogP contribution is 2.49. The summed E-state index contributed by atoms with van der Waals surface area (Å²) < 4.78 is 81.4. The van der Waals surface area contributed by atoms with E-state index in [2.05, 4.69) is 38.2 Å². The molecule has 0 bridgehead atoms. The number of phosphoric ester groups is 1. The zero-order valence-corrected chi connectivity index (χ0v) is 59.0. The van der Waals surface area contributed by atoms with Gasteiger partial charge in [0.05, 0.1) is 33.0 Å². The van der Waals surface area contributed by atoms with Gasteiger partial charge in [0, 0.05) is 12.8 Å². The van der Waals surface area contributed by atoms with Gasteiger partial charge in [-0.05, 0) is 44.9 Å². The van der Waals surface area contributed by atoms with E-state index in [1.54, 1.807) is 0 Å². The number of carbonyl (C=O) groups is 2. The molecule has 33 nitrogen and oxygen atoms in total. The number of carbonyl (C=O) groups excluding carboxylic acids is 2. The van der Waals surface area contributed by atoms with Gasteiger partial charge in [0.15, 0.2) is 31.3 Å². The Hall–Kier alpha value is -2.47. The van der Waals surface area contributed by atoms with Crippen LogP contribution in [0, 0.1) is 0 Å². The Balaban J connectivity index is 1.30. The van der Waals surface area contributed by atoms with Gasteiger partial charge in [-0.2, -0.15) is 0 Å². The fraction of sp³-hybridized carbons (Fsp3) is 0.910. The molecule has 590 valence electrons. The number of phosphoric acid groups is 1. The maximum atomic E-state index is 14.4. The standard InChI is InChI=1S/C67H119O33P/c1-3-5-7-9-11-13-15-17-18-20-21-23-25-27-29-31-44(70)89-35-39(93-45(71)32-30-28-26-24-22-19-16-14-12-10-8-6-4-2)36-92-101(87,88)100-63-61(98-66-59(85)51(77)47(73)41(34-69)95-66)55(81)54(80)56(82)62(63)99-67-60(86)53(79)49(75)43(97-67)38-91-65-58(84)52(78)48(74)42(96-65)37-90-64-57(83)50(76)46(72)40(33-68)94-64/h11,13,17-18,39-43,46-69,72-86H,3-10,12,14-16,19-38H2,1-2H3,(H,87,88)/b13-11-,18-17-/t39-,40?,41?,42?,43?,46+,47-,48+,49+,50?,51?,52?,53?,54+,55?,56?,57+,58+,59-,60+,61-,62?,63+,64-,65-,66-,67+/m1/s1. The van der Waals surface area contributed by atoms with Gasteiger partial charge in [-0.3, -0.25) is 18.6 Å². The minimum absolute atomic E-state index is 0.0197. The van der Waals surface area contributed by atoms with Crippen LogP contribution in [0.3, 0.4) is 0 Å². The SMILES string of the molecule is CCCCC/C=C\C/C=C\CCCCCCCC(=O)OC[C@H](COP(=O)(O)O[C@@H]1C(O[C@@H]2OC(CO[C@@H]3OC(CO[C@@H]4OC(CO)[C@H](O)C(O)[C@@H]4O)[C@H](O)C(O)[C@@H]3O)[C@H](O)C(O)[C@@H]2O)C(O)[C@@H](O)C(O)[C@H]1O[C@H]1OC(CO)[C@@H](O)C(O)[C@H]1O)OC(=O)CCCCCCCCCCCCCCC. The van der Waals surface area contributed by atoms with Crippen LogP contribution in [0.5, 0.6) is 0 Å². The van der Waals surface area contributed by atoms with Crippen LogP contribution in [-0.4, -0.2) is 309 Å². The molecule has 1 aliphatic carbocycles. The first-order chi connectivity index (χ1) is 48.3. The summed E-state index contributed by atoms with van der Waals surface area (Å²) in [6.07, 6.45) is -23.5. The van der Waals surface area contributed by atoms with Crippen molar-refractivity contribution in [1.82, 2.24) is 0 Å². The number of hydrogen-bond donors (Lipinski definition) is 18. The number of unbranched alkanes of at least 4 members (excludes halogenated alkanes) is 20.